The van der Waals surface area contributed by atoms with E-state index in [0.717, 1.165) is 42.0 Å². The Bertz CT molecular complexity index is 1360. The second kappa shape index (κ2) is 10.7. The first-order chi connectivity index (χ1) is 17.9. The Morgan fingerprint density at radius 1 is 1.05 bits per heavy atom. The molecule has 1 N–H and O–H groups in total. The SMILES string of the molecule is CC[C@H](C(=O)NC1CCCC1)N(Cc1ccc(Cl)c(Cl)c1)C(=O)CN1C(=O)c2cccc3cccc1c23. The fourth-order valence-corrected chi connectivity index (χ4v) is 5.80. The number of carbonyl (C=O) groups is 3. The lowest BCUT2D eigenvalue weighted by molar-refractivity contribution is -0.140. The number of hydrogen-bond donors (Lipinski definition) is 1. The van der Waals surface area contributed by atoms with Gasteiger partial charge in [0.25, 0.3) is 5.91 Å². The third kappa shape index (κ3) is 5.05. The monoisotopic (exact) mass is 537 g/mol. The highest BCUT2D eigenvalue weighted by Gasteiger charge is 2.35. The van der Waals surface area contributed by atoms with Gasteiger partial charge in [-0.2, -0.15) is 0 Å². The summed E-state index contributed by atoms with van der Waals surface area (Å²) < 4.78 is 0. The maximum absolute atomic E-state index is 13.9. The number of hydrogen-bond acceptors (Lipinski definition) is 3. The van der Waals surface area contributed by atoms with Gasteiger partial charge in [-0.1, -0.05) is 73.3 Å². The lowest BCUT2D eigenvalue weighted by Crippen LogP contribution is -2.53. The minimum atomic E-state index is -0.682. The molecule has 0 spiro atoms. The van der Waals surface area contributed by atoms with Crippen LogP contribution < -0.4 is 10.2 Å². The fourth-order valence-electron chi connectivity index (χ4n) is 5.48. The van der Waals surface area contributed by atoms with Gasteiger partial charge in [0.05, 0.1) is 15.7 Å². The van der Waals surface area contributed by atoms with Crippen molar-refractivity contribution in [3.63, 3.8) is 0 Å². The van der Waals surface area contributed by atoms with Gasteiger partial charge in [0.15, 0.2) is 0 Å². The van der Waals surface area contributed by atoms with E-state index in [-0.39, 0.29) is 36.9 Å². The van der Waals surface area contributed by atoms with Crippen LogP contribution in [0, 0.1) is 0 Å². The number of nitrogens with one attached hydrogen (secondary N) is 1. The first kappa shape index (κ1) is 25.6. The maximum atomic E-state index is 13.9. The molecule has 3 aromatic rings. The van der Waals surface area contributed by atoms with E-state index in [0.29, 0.717) is 27.7 Å². The van der Waals surface area contributed by atoms with Crippen molar-refractivity contribution in [2.45, 2.75) is 57.7 Å². The van der Waals surface area contributed by atoms with E-state index in [1.165, 1.54) is 4.90 Å². The highest BCUT2D eigenvalue weighted by Crippen LogP contribution is 2.37. The number of carbonyl (C=O) groups excluding carboxylic acids is 3. The molecule has 192 valence electrons. The highest BCUT2D eigenvalue weighted by atomic mass is 35.5. The number of anilines is 1. The van der Waals surface area contributed by atoms with Crippen molar-refractivity contribution < 1.29 is 14.4 Å². The van der Waals surface area contributed by atoms with Gasteiger partial charge in [0.1, 0.15) is 12.6 Å². The van der Waals surface area contributed by atoms with Gasteiger partial charge in [-0.15, -0.1) is 0 Å². The minimum absolute atomic E-state index is 0.135. The molecule has 2 aliphatic rings. The van der Waals surface area contributed by atoms with Gasteiger partial charge in [-0.05, 0) is 54.5 Å². The summed E-state index contributed by atoms with van der Waals surface area (Å²) in [6, 6.07) is 15.9. The van der Waals surface area contributed by atoms with E-state index in [1.54, 1.807) is 29.2 Å². The van der Waals surface area contributed by atoms with E-state index in [2.05, 4.69) is 5.32 Å². The molecule has 0 radical (unpaired) electrons. The molecule has 1 fully saturated rings. The molecule has 3 aromatic carbocycles. The summed E-state index contributed by atoms with van der Waals surface area (Å²) in [6.45, 7) is 1.90. The molecule has 8 heteroatoms. The fraction of sp³-hybridized carbons (Fsp3) is 0.345. The van der Waals surface area contributed by atoms with E-state index in [4.69, 9.17) is 23.2 Å². The van der Waals surface area contributed by atoms with Gasteiger partial charge in [0, 0.05) is 23.5 Å². The van der Waals surface area contributed by atoms with Crippen molar-refractivity contribution in [3.05, 3.63) is 75.8 Å². The first-order valence-corrected chi connectivity index (χ1v) is 13.5. The molecule has 5 rings (SSSR count). The number of amides is 3. The molecule has 0 saturated heterocycles. The molecule has 0 unspecified atom stereocenters. The van der Waals surface area contributed by atoms with Crippen LogP contribution in [0.15, 0.2) is 54.6 Å². The smallest absolute Gasteiger partial charge is 0.259 e. The summed E-state index contributed by atoms with van der Waals surface area (Å²) in [5.41, 5.74) is 2.06. The topological polar surface area (TPSA) is 69.7 Å². The Labute approximate surface area is 226 Å². The summed E-state index contributed by atoms with van der Waals surface area (Å²) in [4.78, 5) is 43.7. The Morgan fingerprint density at radius 3 is 2.49 bits per heavy atom. The summed E-state index contributed by atoms with van der Waals surface area (Å²) in [7, 11) is 0. The van der Waals surface area contributed by atoms with Crippen LogP contribution in [0.25, 0.3) is 10.8 Å². The van der Waals surface area contributed by atoms with Crippen molar-refractivity contribution in [2.75, 3.05) is 11.4 Å². The molecule has 1 aliphatic heterocycles. The Morgan fingerprint density at radius 2 is 1.78 bits per heavy atom. The molecule has 0 bridgehead atoms. The van der Waals surface area contributed by atoms with Crippen molar-refractivity contribution in [2.24, 2.45) is 0 Å². The molecule has 1 heterocycles. The molecular weight excluding hydrogens is 509 g/mol. The van der Waals surface area contributed by atoms with E-state index >= 15 is 0 Å². The van der Waals surface area contributed by atoms with Crippen molar-refractivity contribution in [3.8, 4) is 0 Å². The van der Waals surface area contributed by atoms with Crippen molar-refractivity contribution >= 4 is 57.4 Å². The predicted molar refractivity (Wildman–Crippen MR) is 147 cm³/mol. The van der Waals surface area contributed by atoms with Crippen LogP contribution in [-0.4, -0.2) is 41.2 Å². The quantitative estimate of drug-likeness (QED) is 0.384. The van der Waals surface area contributed by atoms with Crippen LogP contribution in [0.4, 0.5) is 5.69 Å². The zero-order valence-corrected chi connectivity index (χ0v) is 22.2. The van der Waals surface area contributed by atoms with Gasteiger partial charge in [0.2, 0.25) is 11.8 Å². The number of benzene rings is 3. The molecule has 1 aliphatic carbocycles. The summed E-state index contributed by atoms with van der Waals surface area (Å²) in [6.07, 6.45) is 4.53. The summed E-state index contributed by atoms with van der Waals surface area (Å²) in [5.74, 6) is -0.684. The number of nitrogens with zero attached hydrogens (tertiary/aromatic N) is 2. The zero-order chi connectivity index (χ0) is 26.1. The second-order valence-electron chi connectivity index (χ2n) is 9.76. The van der Waals surface area contributed by atoms with E-state index in [1.807, 2.05) is 37.3 Å². The Hall–Kier alpha value is -3.09. The molecule has 6 nitrogen and oxygen atoms in total. The minimum Gasteiger partial charge on any atom is -0.352 e. The zero-order valence-electron chi connectivity index (χ0n) is 20.7. The summed E-state index contributed by atoms with van der Waals surface area (Å²) >= 11 is 12.4. The third-order valence-corrected chi connectivity index (χ3v) is 8.11. The first-order valence-electron chi connectivity index (χ1n) is 12.7. The Kier molecular flexibility index (Phi) is 7.40. The van der Waals surface area contributed by atoms with Gasteiger partial charge >= 0.3 is 0 Å². The molecular formula is C29H29Cl2N3O3. The average Bonchev–Trinajstić information content (AvgIpc) is 3.49. The van der Waals surface area contributed by atoms with Crippen LogP contribution in [0.2, 0.25) is 10.0 Å². The van der Waals surface area contributed by atoms with E-state index in [9.17, 15) is 14.4 Å². The van der Waals surface area contributed by atoms with Crippen LogP contribution in [0.3, 0.4) is 0 Å². The average molecular weight is 538 g/mol. The lowest BCUT2D eigenvalue weighted by Gasteiger charge is -2.33. The van der Waals surface area contributed by atoms with Crippen LogP contribution >= 0.6 is 23.2 Å². The molecule has 3 amide bonds. The normalized spacial score (nSPS) is 15.9. The third-order valence-electron chi connectivity index (χ3n) is 7.37. The maximum Gasteiger partial charge on any atom is 0.259 e. The predicted octanol–water partition coefficient (Wildman–Crippen LogP) is 5.97. The number of halogens is 2. The molecule has 1 atom stereocenters. The summed E-state index contributed by atoms with van der Waals surface area (Å²) in [5, 5.41) is 5.75. The Balaban J connectivity index is 1.44. The standard InChI is InChI=1S/C29H29Cl2N3O3/c1-2-24(28(36)32-20-9-3-4-10-20)33(16-18-13-14-22(30)23(31)15-18)26(35)17-34-25-12-6-8-19-7-5-11-21(27(19)25)29(34)37/h5-8,11-15,20,24H,2-4,9-10,16-17H2,1H3,(H,32,36)/t24-/m1/s1. The largest absolute Gasteiger partial charge is 0.352 e. The molecule has 0 aromatic heterocycles. The van der Waals surface area contributed by atoms with Crippen molar-refractivity contribution in [1.29, 1.82) is 0 Å². The van der Waals surface area contributed by atoms with E-state index < -0.39 is 6.04 Å². The van der Waals surface area contributed by atoms with Crippen LogP contribution in [0.1, 0.15) is 54.9 Å². The van der Waals surface area contributed by atoms with Crippen molar-refractivity contribution in [1.82, 2.24) is 10.2 Å². The lowest BCUT2D eigenvalue weighted by atomic mass is 10.1. The van der Waals surface area contributed by atoms with Crippen LogP contribution in [0.5, 0.6) is 0 Å². The van der Waals surface area contributed by atoms with Gasteiger partial charge < -0.3 is 10.2 Å². The number of rotatable bonds is 8. The highest BCUT2D eigenvalue weighted by molar-refractivity contribution is 6.42. The molecule has 1 saturated carbocycles. The van der Waals surface area contributed by atoms with Gasteiger partial charge in [-0.25, -0.2) is 0 Å². The van der Waals surface area contributed by atoms with Gasteiger partial charge in [-0.3, -0.25) is 19.3 Å². The second-order valence-corrected chi connectivity index (χ2v) is 10.6. The van der Waals surface area contributed by atoms with Crippen LogP contribution in [-0.2, 0) is 16.1 Å². The molecule has 37 heavy (non-hydrogen) atoms.